The highest BCUT2D eigenvalue weighted by atomic mass is 32.1. The molecule has 4 aromatic heterocycles. The molecule has 16 aromatic rings. The number of rotatable bonds is 8. The van der Waals surface area contributed by atoms with E-state index in [9.17, 15) is 0 Å². The number of ether oxygens (including phenoxy) is 2. The zero-order chi connectivity index (χ0) is 63.9. The van der Waals surface area contributed by atoms with Crippen LogP contribution in [0.1, 0.15) is 58.4 Å². The molecule has 0 saturated heterocycles. The van der Waals surface area contributed by atoms with Gasteiger partial charge < -0.3 is 9.47 Å². The molecule has 0 bridgehead atoms. The van der Waals surface area contributed by atoms with E-state index in [2.05, 4.69) is 336 Å². The highest BCUT2D eigenvalue weighted by molar-refractivity contribution is 7.26. The number of fused-ring (bicyclic) bond motifs is 10. The molecule has 454 valence electrons. The van der Waals surface area contributed by atoms with Gasteiger partial charge in [-0.05, 0) is 173 Å². The smallest absolute Gasteiger partial charge is 0.172 e. The highest BCUT2D eigenvalue weighted by Crippen LogP contribution is 2.57. The Kier molecular flexibility index (Phi) is 14.1. The van der Waals surface area contributed by atoms with E-state index in [1.807, 2.05) is 35.1 Å². The van der Waals surface area contributed by atoms with Crippen LogP contribution in [0.15, 0.2) is 304 Å². The number of pyridine rings is 2. The molecule has 0 saturated carbocycles. The van der Waals surface area contributed by atoms with E-state index in [0.717, 1.165) is 23.0 Å². The largest absolute Gasteiger partial charge is 0.457 e. The molecule has 0 aliphatic carbocycles. The zero-order valence-electron chi connectivity index (χ0n) is 53.4. The minimum atomic E-state index is -0.474. The standard InChI is InChI=1S/C45H34NOS.C44H31NOS/c1-29-28-46(3)24-23-35(29)36-15-10-16-37-38-27-34(19-22-43(38)48-44(36)37)45(2)39-25-32(30-11-6-4-7-12-30)17-20-41(39)47-42-21-18-33(26-40(42)45)31-13-8-5-9-14-31;1-28-22-23-45-27-37(28)35-15-9-14-34-36-26-33(18-21-42(36)47-43(34)35)44(2)38-24-31(29-10-5-3-6-11-29)16-19-40(38)46-41-20-17-32(25-39(41)44)30-12-7-4-8-13-30/h4-28H,1-3H3;3-27H,1-2H3/q+1;. The van der Waals surface area contributed by atoms with Gasteiger partial charge in [-0.3, -0.25) is 4.98 Å². The maximum Gasteiger partial charge on any atom is 0.172 e. The van der Waals surface area contributed by atoms with Crippen molar-refractivity contribution >= 4 is 63.0 Å². The zero-order valence-corrected chi connectivity index (χ0v) is 55.0. The quantitative estimate of drug-likeness (QED) is 0.142. The Morgan fingerprint density at radius 2 is 0.726 bits per heavy atom. The fraction of sp³-hybridized carbons (Fsp3) is 0.0787. The van der Waals surface area contributed by atoms with Gasteiger partial charge in [-0.15, -0.1) is 22.7 Å². The lowest BCUT2D eigenvalue weighted by Crippen LogP contribution is -2.29. The van der Waals surface area contributed by atoms with Crippen molar-refractivity contribution in [1.82, 2.24) is 4.98 Å². The Morgan fingerprint density at radius 3 is 1.11 bits per heavy atom. The van der Waals surface area contributed by atoms with Gasteiger partial charge in [-0.25, -0.2) is 4.57 Å². The molecule has 2 aliphatic rings. The van der Waals surface area contributed by atoms with Gasteiger partial charge in [0.1, 0.15) is 30.0 Å². The SMILES string of the molecule is Cc1c[n+](C)ccc1-c1cccc2c1sc1ccc(C3(C)c4cc(-c5ccccc5)ccc4Oc4ccc(-c5ccccc5)cc43)cc12.Cc1ccncc1-c1cccc2c1sc1ccc(C3(C)c4cc(-c5ccccc5)ccc4Oc4ccc(-c5ccccc5)cc43)cc12. The van der Waals surface area contributed by atoms with E-state index in [4.69, 9.17) is 9.47 Å². The molecule has 2 aliphatic heterocycles. The first-order valence-corrected chi connectivity index (χ1v) is 34.1. The van der Waals surface area contributed by atoms with Crippen molar-refractivity contribution in [3.63, 3.8) is 0 Å². The monoisotopic (exact) mass is 1260 g/mol. The average molecular weight is 1260 g/mol. The second-order valence-electron chi connectivity index (χ2n) is 25.7. The molecule has 0 radical (unpaired) electrons. The molecular formula is C89H65N2O2S2+. The third kappa shape index (κ3) is 9.86. The van der Waals surface area contributed by atoms with Crippen molar-refractivity contribution in [1.29, 1.82) is 0 Å². The molecule has 0 N–H and O–H groups in total. The van der Waals surface area contributed by atoms with Crippen LogP contribution in [0.2, 0.25) is 0 Å². The fourth-order valence-corrected chi connectivity index (χ4v) is 17.3. The average Bonchev–Trinajstić information content (AvgIpc) is 1.68. The molecule has 0 spiro atoms. The van der Waals surface area contributed by atoms with Crippen molar-refractivity contribution in [2.24, 2.45) is 7.05 Å². The van der Waals surface area contributed by atoms with Gasteiger partial charge in [0.25, 0.3) is 0 Å². The number of hydrogen-bond acceptors (Lipinski definition) is 5. The van der Waals surface area contributed by atoms with Crippen LogP contribution in [-0.4, -0.2) is 4.98 Å². The van der Waals surface area contributed by atoms with Crippen molar-refractivity contribution in [2.45, 2.75) is 38.5 Å². The Bertz CT molecular complexity index is 5500. The lowest BCUT2D eigenvalue weighted by atomic mass is 9.68. The molecule has 0 amide bonds. The number of thiophene rings is 2. The number of nitrogens with zero attached hydrogens (tertiary/aromatic N) is 2. The van der Waals surface area contributed by atoms with Gasteiger partial charge in [0.15, 0.2) is 12.4 Å². The summed E-state index contributed by atoms with van der Waals surface area (Å²) in [6, 6.07) is 101. The van der Waals surface area contributed by atoms with E-state index in [1.54, 1.807) is 0 Å². The number of aryl methyl sites for hydroxylation is 3. The molecule has 0 fully saturated rings. The molecule has 0 atom stereocenters. The second kappa shape index (κ2) is 23.2. The summed E-state index contributed by atoms with van der Waals surface area (Å²) >= 11 is 3.75. The molecule has 6 heterocycles. The van der Waals surface area contributed by atoms with Crippen molar-refractivity contribution in [3.8, 4) is 89.8 Å². The Labute approximate surface area is 561 Å². The molecule has 18 rings (SSSR count). The predicted molar refractivity (Wildman–Crippen MR) is 397 cm³/mol. The van der Waals surface area contributed by atoms with Gasteiger partial charge in [-0.2, -0.15) is 0 Å². The van der Waals surface area contributed by atoms with E-state index in [-0.39, 0.29) is 0 Å². The molecular weight excluding hydrogens is 1190 g/mol. The minimum Gasteiger partial charge on any atom is -0.457 e. The third-order valence-electron chi connectivity index (χ3n) is 20.0. The summed E-state index contributed by atoms with van der Waals surface area (Å²) in [7, 11) is 2.08. The summed E-state index contributed by atoms with van der Waals surface area (Å²) in [5, 5.41) is 5.15. The van der Waals surface area contributed by atoms with Crippen LogP contribution in [0.4, 0.5) is 0 Å². The molecule has 12 aromatic carbocycles. The van der Waals surface area contributed by atoms with E-state index in [1.165, 1.54) is 152 Å². The van der Waals surface area contributed by atoms with Crippen LogP contribution in [0.3, 0.4) is 0 Å². The van der Waals surface area contributed by atoms with Crippen molar-refractivity contribution in [2.75, 3.05) is 0 Å². The van der Waals surface area contributed by atoms with Crippen LogP contribution < -0.4 is 14.0 Å². The maximum absolute atomic E-state index is 6.70. The lowest BCUT2D eigenvalue weighted by molar-refractivity contribution is -0.671. The van der Waals surface area contributed by atoms with E-state index < -0.39 is 10.8 Å². The van der Waals surface area contributed by atoms with Crippen molar-refractivity contribution in [3.05, 3.63) is 348 Å². The number of aromatic nitrogens is 2. The van der Waals surface area contributed by atoms with Gasteiger partial charge in [-0.1, -0.05) is 194 Å². The minimum absolute atomic E-state index is 0.469. The van der Waals surface area contributed by atoms with Crippen molar-refractivity contribution < 1.29 is 14.0 Å². The number of benzene rings is 12. The summed E-state index contributed by atoms with van der Waals surface area (Å²) in [5.74, 6) is 3.61. The maximum atomic E-state index is 6.70. The highest BCUT2D eigenvalue weighted by Gasteiger charge is 2.43. The Hall–Kier alpha value is -11.0. The van der Waals surface area contributed by atoms with Crippen LogP contribution in [0.5, 0.6) is 23.0 Å². The molecule has 95 heavy (non-hydrogen) atoms. The van der Waals surface area contributed by atoms with Crippen LogP contribution in [-0.2, 0) is 17.9 Å². The van der Waals surface area contributed by atoms with E-state index >= 15 is 0 Å². The van der Waals surface area contributed by atoms with Gasteiger partial charge in [0.05, 0.1) is 0 Å². The van der Waals surface area contributed by atoms with Gasteiger partial charge >= 0.3 is 0 Å². The molecule has 4 nitrogen and oxygen atoms in total. The molecule has 0 unspecified atom stereocenters. The summed E-state index contributed by atoms with van der Waals surface area (Å²) < 4.78 is 20.7. The topological polar surface area (TPSA) is 35.2 Å². The summed E-state index contributed by atoms with van der Waals surface area (Å²) in [6.45, 7) is 9.12. The third-order valence-corrected chi connectivity index (χ3v) is 22.4. The Balaban J connectivity index is 0.000000144. The first-order chi connectivity index (χ1) is 46.5. The summed E-state index contributed by atoms with van der Waals surface area (Å²) in [5.41, 5.74) is 23.3. The summed E-state index contributed by atoms with van der Waals surface area (Å²) in [6.07, 6.45) is 8.20. The van der Waals surface area contributed by atoms with E-state index in [0.29, 0.717) is 0 Å². The van der Waals surface area contributed by atoms with Crippen LogP contribution in [0.25, 0.3) is 107 Å². The number of hydrogen-bond donors (Lipinski definition) is 0. The first kappa shape index (κ1) is 57.8. The van der Waals surface area contributed by atoms with Gasteiger partial charge in [0, 0.05) is 114 Å². The summed E-state index contributed by atoms with van der Waals surface area (Å²) in [4.78, 5) is 4.46. The predicted octanol–water partition coefficient (Wildman–Crippen LogP) is 23.9. The first-order valence-electron chi connectivity index (χ1n) is 32.5. The normalized spacial score (nSPS) is 13.2. The van der Waals surface area contributed by atoms with Crippen LogP contribution >= 0.6 is 22.7 Å². The second-order valence-corrected chi connectivity index (χ2v) is 27.8. The van der Waals surface area contributed by atoms with Gasteiger partial charge in [0.2, 0.25) is 0 Å². The van der Waals surface area contributed by atoms with Crippen LogP contribution in [0, 0.1) is 13.8 Å². The fourth-order valence-electron chi connectivity index (χ4n) is 14.9. The molecule has 6 heteroatoms. The lowest BCUT2D eigenvalue weighted by Gasteiger charge is -2.39. The Morgan fingerprint density at radius 1 is 0.337 bits per heavy atom.